The molecule has 132 valence electrons. The maximum absolute atomic E-state index is 11.0. The van der Waals surface area contributed by atoms with Crippen molar-refractivity contribution in [1.29, 1.82) is 0 Å². The van der Waals surface area contributed by atoms with Crippen LogP contribution in [0.15, 0.2) is 54.6 Å². The van der Waals surface area contributed by atoms with Gasteiger partial charge in [-0.25, -0.2) is 4.79 Å². The normalized spacial score (nSPS) is 16.0. The second-order valence-corrected chi connectivity index (χ2v) is 6.74. The molecule has 0 unspecified atom stereocenters. The fraction of sp³-hybridized carbons (Fsp3) is 0.381. The van der Waals surface area contributed by atoms with E-state index in [-0.39, 0.29) is 0 Å². The Labute approximate surface area is 149 Å². The lowest BCUT2D eigenvalue weighted by Gasteiger charge is -2.32. The van der Waals surface area contributed by atoms with Gasteiger partial charge in [-0.15, -0.1) is 0 Å². The Bertz CT molecular complexity index is 679. The molecule has 4 heteroatoms. The summed E-state index contributed by atoms with van der Waals surface area (Å²) in [6.45, 7) is 4.10. The Balaban J connectivity index is 1.39. The molecule has 2 N–H and O–H groups in total. The van der Waals surface area contributed by atoms with E-state index in [1.54, 1.807) is 12.1 Å². The van der Waals surface area contributed by atoms with E-state index in [0.717, 1.165) is 51.0 Å². The van der Waals surface area contributed by atoms with E-state index in [2.05, 4.69) is 40.5 Å². The van der Waals surface area contributed by atoms with Gasteiger partial charge in [-0.1, -0.05) is 42.5 Å². The molecule has 0 aliphatic carbocycles. The van der Waals surface area contributed by atoms with E-state index in [0.29, 0.717) is 11.6 Å². The highest BCUT2D eigenvalue weighted by atomic mass is 16.4. The highest BCUT2D eigenvalue weighted by Crippen LogP contribution is 2.13. The molecule has 0 spiro atoms. The Morgan fingerprint density at radius 1 is 1.04 bits per heavy atom. The van der Waals surface area contributed by atoms with Gasteiger partial charge in [0.05, 0.1) is 5.56 Å². The van der Waals surface area contributed by atoms with Gasteiger partial charge in [0.25, 0.3) is 0 Å². The monoisotopic (exact) mass is 338 g/mol. The molecule has 0 amide bonds. The number of likely N-dealkylation sites (tertiary alicyclic amines) is 1. The second-order valence-electron chi connectivity index (χ2n) is 6.74. The van der Waals surface area contributed by atoms with Gasteiger partial charge in [0.1, 0.15) is 0 Å². The molecule has 2 aromatic rings. The van der Waals surface area contributed by atoms with Crippen molar-refractivity contribution >= 4 is 5.97 Å². The van der Waals surface area contributed by atoms with Crippen molar-refractivity contribution in [2.45, 2.75) is 31.8 Å². The van der Waals surface area contributed by atoms with Gasteiger partial charge >= 0.3 is 5.97 Å². The van der Waals surface area contributed by atoms with Gasteiger partial charge in [-0.3, -0.25) is 0 Å². The zero-order chi connectivity index (χ0) is 17.5. The van der Waals surface area contributed by atoms with Crippen molar-refractivity contribution in [2.24, 2.45) is 0 Å². The van der Waals surface area contributed by atoms with Crippen LogP contribution in [0.2, 0.25) is 0 Å². The largest absolute Gasteiger partial charge is 0.478 e. The van der Waals surface area contributed by atoms with Crippen LogP contribution in [0.25, 0.3) is 0 Å². The van der Waals surface area contributed by atoms with E-state index in [1.807, 2.05) is 12.1 Å². The number of nitrogens with zero attached hydrogens (tertiary/aromatic N) is 1. The minimum Gasteiger partial charge on any atom is -0.478 e. The predicted molar refractivity (Wildman–Crippen MR) is 99.8 cm³/mol. The van der Waals surface area contributed by atoms with E-state index >= 15 is 0 Å². The topological polar surface area (TPSA) is 52.6 Å². The molecule has 1 aliphatic rings. The van der Waals surface area contributed by atoms with Crippen LogP contribution in [0.5, 0.6) is 0 Å². The second kappa shape index (κ2) is 8.79. The summed E-state index contributed by atoms with van der Waals surface area (Å²) in [6, 6.07) is 18.4. The summed E-state index contributed by atoms with van der Waals surface area (Å²) in [7, 11) is 0. The SMILES string of the molecule is O=C(O)c1cccc(CNC2CCN(CCc3ccccc3)CC2)c1. The van der Waals surface area contributed by atoms with Crippen LogP contribution < -0.4 is 5.32 Å². The molecular weight excluding hydrogens is 312 g/mol. The molecule has 1 saturated heterocycles. The van der Waals surface area contributed by atoms with Crippen LogP contribution in [0.1, 0.15) is 34.3 Å². The van der Waals surface area contributed by atoms with Crippen LogP contribution in [0.3, 0.4) is 0 Å². The summed E-state index contributed by atoms with van der Waals surface area (Å²) in [6.07, 6.45) is 3.40. The Morgan fingerprint density at radius 3 is 2.48 bits per heavy atom. The number of hydrogen-bond donors (Lipinski definition) is 2. The molecule has 3 rings (SSSR count). The third-order valence-electron chi connectivity index (χ3n) is 4.92. The van der Waals surface area contributed by atoms with Crippen molar-refractivity contribution < 1.29 is 9.90 Å². The molecule has 25 heavy (non-hydrogen) atoms. The summed E-state index contributed by atoms with van der Waals surface area (Å²) in [5.74, 6) is -0.867. The highest BCUT2D eigenvalue weighted by Gasteiger charge is 2.18. The first-order chi connectivity index (χ1) is 12.2. The van der Waals surface area contributed by atoms with E-state index in [4.69, 9.17) is 5.11 Å². The number of carboxylic acids is 1. The summed E-state index contributed by atoms with van der Waals surface area (Å²) in [4.78, 5) is 13.6. The molecule has 0 radical (unpaired) electrons. The minimum atomic E-state index is -0.867. The predicted octanol–water partition coefficient (Wildman–Crippen LogP) is 3.18. The molecule has 4 nitrogen and oxygen atoms in total. The van der Waals surface area contributed by atoms with Crippen LogP contribution >= 0.6 is 0 Å². The van der Waals surface area contributed by atoms with Gasteiger partial charge in [-0.2, -0.15) is 0 Å². The van der Waals surface area contributed by atoms with Crippen LogP contribution in [-0.2, 0) is 13.0 Å². The zero-order valence-corrected chi connectivity index (χ0v) is 14.5. The Hall–Kier alpha value is -2.17. The van der Waals surface area contributed by atoms with Crippen molar-refractivity contribution in [3.05, 3.63) is 71.3 Å². The van der Waals surface area contributed by atoms with E-state index in [9.17, 15) is 4.79 Å². The first kappa shape index (κ1) is 17.6. The Kier molecular flexibility index (Phi) is 6.20. The maximum atomic E-state index is 11.0. The van der Waals surface area contributed by atoms with Gasteiger partial charge < -0.3 is 15.3 Å². The van der Waals surface area contributed by atoms with Crippen molar-refractivity contribution in [3.63, 3.8) is 0 Å². The number of aromatic carboxylic acids is 1. The molecular formula is C21H26N2O2. The van der Waals surface area contributed by atoms with Crippen molar-refractivity contribution in [2.75, 3.05) is 19.6 Å². The zero-order valence-electron chi connectivity index (χ0n) is 14.5. The van der Waals surface area contributed by atoms with Crippen LogP contribution in [0.4, 0.5) is 0 Å². The molecule has 1 fully saturated rings. The summed E-state index contributed by atoms with van der Waals surface area (Å²) < 4.78 is 0. The minimum absolute atomic E-state index is 0.357. The quantitative estimate of drug-likeness (QED) is 0.814. The number of piperidine rings is 1. The fourth-order valence-electron chi connectivity index (χ4n) is 3.37. The number of hydrogen-bond acceptors (Lipinski definition) is 3. The standard InChI is InChI=1S/C21H26N2O2/c24-21(25)19-8-4-7-18(15-19)16-22-20-10-13-23(14-11-20)12-9-17-5-2-1-3-6-17/h1-8,15,20,22H,9-14,16H2,(H,24,25). The van der Waals surface area contributed by atoms with Gasteiger partial charge in [-0.05, 0) is 55.6 Å². The lowest BCUT2D eigenvalue weighted by Crippen LogP contribution is -2.42. The number of nitrogens with one attached hydrogen (secondary N) is 1. The number of carboxylic acid groups (broad SMARTS) is 1. The number of rotatable bonds is 7. The summed E-state index contributed by atoms with van der Waals surface area (Å²) >= 11 is 0. The number of benzene rings is 2. The van der Waals surface area contributed by atoms with Gasteiger partial charge in [0, 0.05) is 19.1 Å². The molecule has 0 aromatic heterocycles. The smallest absolute Gasteiger partial charge is 0.335 e. The molecule has 0 saturated carbocycles. The van der Waals surface area contributed by atoms with Crippen molar-refractivity contribution in [1.82, 2.24) is 10.2 Å². The molecule has 0 atom stereocenters. The Morgan fingerprint density at radius 2 is 1.76 bits per heavy atom. The summed E-state index contributed by atoms with van der Waals surface area (Å²) in [5.41, 5.74) is 2.79. The van der Waals surface area contributed by atoms with Crippen LogP contribution in [0, 0.1) is 0 Å². The number of carbonyl (C=O) groups is 1. The fourth-order valence-corrected chi connectivity index (χ4v) is 3.37. The first-order valence-corrected chi connectivity index (χ1v) is 9.02. The highest BCUT2D eigenvalue weighted by molar-refractivity contribution is 5.87. The maximum Gasteiger partial charge on any atom is 0.335 e. The van der Waals surface area contributed by atoms with Gasteiger partial charge in [0.2, 0.25) is 0 Å². The molecule has 1 heterocycles. The third kappa shape index (κ3) is 5.41. The van der Waals surface area contributed by atoms with E-state index in [1.165, 1.54) is 5.56 Å². The molecule has 2 aromatic carbocycles. The lowest BCUT2D eigenvalue weighted by atomic mass is 10.0. The first-order valence-electron chi connectivity index (χ1n) is 9.02. The van der Waals surface area contributed by atoms with Crippen LogP contribution in [-0.4, -0.2) is 41.7 Å². The van der Waals surface area contributed by atoms with Gasteiger partial charge in [0.15, 0.2) is 0 Å². The average Bonchev–Trinajstić information content (AvgIpc) is 2.66. The van der Waals surface area contributed by atoms with E-state index < -0.39 is 5.97 Å². The third-order valence-corrected chi connectivity index (χ3v) is 4.92. The van der Waals surface area contributed by atoms with Crippen molar-refractivity contribution in [3.8, 4) is 0 Å². The molecule has 1 aliphatic heterocycles. The summed E-state index contributed by atoms with van der Waals surface area (Å²) in [5, 5.41) is 12.6. The lowest BCUT2D eigenvalue weighted by molar-refractivity contribution is 0.0696. The molecule has 0 bridgehead atoms. The average molecular weight is 338 g/mol.